The van der Waals surface area contributed by atoms with E-state index in [1.165, 1.54) is 0 Å². The minimum Gasteiger partial charge on any atom is -0.444 e. The first-order valence-electron chi connectivity index (χ1n) is 5.45. The van der Waals surface area contributed by atoms with E-state index in [4.69, 9.17) is 4.74 Å². The molecule has 2 atom stereocenters. The first-order chi connectivity index (χ1) is 6.86. The van der Waals surface area contributed by atoms with E-state index in [0.717, 1.165) is 13.0 Å². The highest BCUT2D eigenvalue weighted by molar-refractivity contribution is 5.69. The van der Waals surface area contributed by atoms with Crippen LogP contribution in [0.15, 0.2) is 0 Å². The maximum Gasteiger partial charge on any atom is 0.410 e. The van der Waals surface area contributed by atoms with Crippen LogP contribution >= 0.6 is 0 Å². The van der Waals surface area contributed by atoms with Gasteiger partial charge in [-0.1, -0.05) is 0 Å². The minimum atomic E-state index is -0.434. The Balaban J connectivity index is 1.90. The molecule has 4 heteroatoms. The van der Waals surface area contributed by atoms with Gasteiger partial charge in [0.2, 0.25) is 0 Å². The van der Waals surface area contributed by atoms with Crippen molar-refractivity contribution in [3.05, 3.63) is 0 Å². The number of ether oxygens (including phenoxy) is 1. The van der Waals surface area contributed by atoms with Crippen LogP contribution in [0.25, 0.3) is 0 Å². The molecule has 86 valence electrons. The molecule has 0 aromatic heterocycles. The largest absolute Gasteiger partial charge is 0.444 e. The molecule has 0 aromatic rings. The first kappa shape index (κ1) is 10.7. The number of hydrogen-bond donors (Lipinski definition) is 1. The number of likely N-dealkylation sites (tertiary alicyclic amines) is 1. The zero-order valence-corrected chi connectivity index (χ0v) is 9.62. The first-order valence-corrected chi connectivity index (χ1v) is 5.45. The molecule has 15 heavy (non-hydrogen) atoms. The topological polar surface area (TPSA) is 49.8 Å². The van der Waals surface area contributed by atoms with Crippen LogP contribution in [0.4, 0.5) is 4.79 Å². The maximum absolute atomic E-state index is 11.7. The van der Waals surface area contributed by atoms with Crippen LogP contribution in [0.5, 0.6) is 0 Å². The molecule has 1 aliphatic heterocycles. The summed E-state index contributed by atoms with van der Waals surface area (Å²) < 4.78 is 5.29. The molecule has 4 nitrogen and oxygen atoms in total. The maximum atomic E-state index is 11.7. The van der Waals surface area contributed by atoms with Crippen LogP contribution in [-0.4, -0.2) is 41.4 Å². The summed E-state index contributed by atoms with van der Waals surface area (Å²) in [6, 6.07) is 0. The Hall–Kier alpha value is -0.770. The van der Waals surface area contributed by atoms with E-state index in [1.54, 1.807) is 4.90 Å². The van der Waals surface area contributed by atoms with Crippen LogP contribution in [-0.2, 0) is 4.74 Å². The smallest absolute Gasteiger partial charge is 0.410 e. The number of carbonyl (C=O) groups is 1. The molecule has 1 saturated heterocycles. The second-order valence-electron chi connectivity index (χ2n) is 5.78. The number of piperidine rings is 1. The van der Waals surface area contributed by atoms with Crippen molar-refractivity contribution in [2.24, 2.45) is 11.3 Å². The Morgan fingerprint density at radius 2 is 2.27 bits per heavy atom. The normalized spacial score (nSPS) is 33.9. The Morgan fingerprint density at radius 1 is 1.60 bits per heavy atom. The van der Waals surface area contributed by atoms with Crippen LogP contribution < -0.4 is 0 Å². The monoisotopic (exact) mass is 213 g/mol. The summed E-state index contributed by atoms with van der Waals surface area (Å²) in [5.74, 6) is 0.495. The second-order valence-corrected chi connectivity index (χ2v) is 5.78. The molecule has 0 bridgehead atoms. The van der Waals surface area contributed by atoms with Crippen molar-refractivity contribution in [2.75, 3.05) is 19.7 Å². The summed E-state index contributed by atoms with van der Waals surface area (Å²) >= 11 is 0. The van der Waals surface area contributed by atoms with E-state index in [9.17, 15) is 9.90 Å². The highest BCUT2D eigenvalue weighted by Gasteiger charge is 2.60. The second kappa shape index (κ2) is 3.11. The third kappa shape index (κ3) is 1.95. The lowest BCUT2D eigenvalue weighted by molar-refractivity contribution is 0.0252. The van der Waals surface area contributed by atoms with Crippen LogP contribution in [0.1, 0.15) is 27.2 Å². The molecule has 0 spiro atoms. The van der Waals surface area contributed by atoms with Gasteiger partial charge in [0.1, 0.15) is 5.60 Å². The van der Waals surface area contributed by atoms with Gasteiger partial charge in [0.15, 0.2) is 0 Å². The van der Waals surface area contributed by atoms with Crippen molar-refractivity contribution in [1.82, 2.24) is 4.90 Å². The lowest BCUT2D eigenvalue weighted by atomic mass is 10.1. The van der Waals surface area contributed by atoms with Crippen LogP contribution in [0.2, 0.25) is 0 Å². The minimum absolute atomic E-state index is 0.0108. The van der Waals surface area contributed by atoms with E-state index in [1.807, 2.05) is 20.8 Å². The SMILES string of the molecule is CC(C)(C)OC(=O)N1CC2CC2(CO)C1. The summed E-state index contributed by atoms with van der Waals surface area (Å²) in [6.07, 6.45) is 0.811. The third-order valence-electron chi connectivity index (χ3n) is 3.27. The number of carbonyl (C=O) groups excluding carboxylic acids is 1. The van der Waals surface area contributed by atoms with Crippen LogP contribution in [0, 0.1) is 11.3 Å². The summed E-state index contributed by atoms with van der Waals surface area (Å²) in [7, 11) is 0. The summed E-state index contributed by atoms with van der Waals surface area (Å²) in [5, 5.41) is 9.22. The molecular weight excluding hydrogens is 194 g/mol. The highest BCUT2D eigenvalue weighted by atomic mass is 16.6. The number of nitrogens with zero attached hydrogens (tertiary/aromatic N) is 1. The van der Waals surface area contributed by atoms with Gasteiger partial charge >= 0.3 is 6.09 Å². The van der Waals surface area contributed by atoms with E-state index >= 15 is 0 Å². The van der Waals surface area contributed by atoms with E-state index < -0.39 is 5.60 Å². The van der Waals surface area contributed by atoms with Crippen molar-refractivity contribution >= 4 is 6.09 Å². The fourth-order valence-electron chi connectivity index (χ4n) is 2.30. The molecule has 1 N–H and O–H groups in total. The number of aliphatic hydroxyl groups is 1. The fourth-order valence-corrected chi connectivity index (χ4v) is 2.30. The third-order valence-corrected chi connectivity index (χ3v) is 3.27. The number of fused-ring (bicyclic) bond motifs is 1. The van der Waals surface area contributed by atoms with E-state index in [2.05, 4.69) is 0 Å². The molecule has 0 aromatic carbocycles. The highest BCUT2D eigenvalue weighted by Crippen LogP contribution is 2.57. The van der Waals surface area contributed by atoms with Crippen molar-refractivity contribution in [2.45, 2.75) is 32.8 Å². The molecular formula is C11H19NO3. The summed E-state index contributed by atoms with van der Waals surface area (Å²) in [5.41, 5.74) is -0.423. The number of aliphatic hydroxyl groups excluding tert-OH is 1. The molecule has 2 rings (SSSR count). The quantitative estimate of drug-likeness (QED) is 0.713. The van der Waals surface area contributed by atoms with E-state index in [0.29, 0.717) is 12.5 Å². The van der Waals surface area contributed by atoms with Crippen molar-refractivity contribution in [3.63, 3.8) is 0 Å². The van der Waals surface area contributed by atoms with Gasteiger partial charge in [-0.05, 0) is 33.1 Å². The van der Waals surface area contributed by atoms with Crippen molar-refractivity contribution in [3.8, 4) is 0 Å². The Kier molecular flexibility index (Phi) is 2.23. The average Bonchev–Trinajstić information content (AvgIpc) is 2.66. The number of hydrogen-bond acceptors (Lipinski definition) is 3. The average molecular weight is 213 g/mol. The number of rotatable bonds is 1. The van der Waals surface area contributed by atoms with Gasteiger partial charge in [-0.25, -0.2) is 4.79 Å². The molecule has 2 fully saturated rings. The van der Waals surface area contributed by atoms with Gasteiger partial charge in [0, 0.05) is 18.5 Å². The Morgan fingerprint density at radius 3 is 2.73 bits per heavy atom. The van der Waals surface area contributed by atoms with Gasteiger partial charge in [-0.3, -0.25) is 0 Å². The lowest BCUT2D eigenvalue weighted by Crippen LogP contribution is -2.37. The molecule has 1 saturated carbocycles. The van der Waals surface area contributed by atoms with Crippen molar-refractivity contribution < 1.29 is 14.6 Å². The molecule has 0 radical (unpaired) electrons. The predicted octanol–water partition coefficient (Wildman–Crippen LogP) is 1.24. The molecule has 2 aliphatic rings. The van der Waals surface area contributed by atoms with Gasteiger partial charge in [0.25, 0.3) is 0 Å². The Labute approximate surface area is 90.2 Å². The molecule has 1 aliphatic carbocycles. The zero-order chi connectivity index (χ0) is 11.3. The summed E-state index contributed by atoms with van der Waals surface area (Å²) in [6.45, 7) is 7.19. The molecule has 2 unspecified atom stereocenters. The zero-order valence-electron chi connectivity index (χ0n) is 9.62. The van der Waals surface area contributed by atoms with Crippen molar-refractivity contribution in [1.29, 1.82) is 0 Å². The lowest BCUT2D eigenvalue weighted by Gasteiger charge is -2.26. The van der Waals surface area contributed by atoms with Gasteiger partial charge in [0.05, 0.1) is 6.61 Å². The molecule has 1 amide bonds. The summed E-state index contributed by atoms with van der Waals surface area (Å²) in [4.78, 5) is 13.4. The predicted molar refractivity (Wildman–Crippen MR) is 55.4 cm³/mol. The fraction of sp³-hybridized carbons (Fsp3) is 0.909. The standard InChI is InChI=1S/C11H19NO3/c1-10(2,3)15-9(14)12-5-8-4-11(8,6-12)7-13/h8,13H,4-7H2,1-3H3. The number of amides is 1. The Bertz CT molecular complexity index is 280. The van der Waals surface area contributed by atoms with Gasteiger partial charge < -0.3 is 14.7 Å². The van der Waals surface area contributed by atoms with Crippen LogP contribution in [0.3, 0.4) is 0 Å². The van der Waals surface area contributed by atoms with E-state index in [-0.39, 0.29) is 18.1 Å². The van der Waals surface area contributed by atoms with Gasteiger partial charge in [-0.15, -0.1) is 0 Å². The molecule has 1 heterocycles. The van der Waals surface area contributed by atoms with Gasteiger partial charge in [-0.2, -0.15) is 0 Å².